The molecule has 0 saturated carbocycles. The van der Waals surface area contributed by atoms with Crippen LogP contribution in [0, 0.1) is 18.3 Å². The van der Waals surface area contributed by atoms with Crippen LogP contribution in [0.4, 0.5) is 0 Å². The van der Waals surface area contributed by atoms with Crippen LogP contribution < -0.4 is 0 Å². The van der Waals surface area contributed by atoms with Crippen LogP contribution >= 0.6 is 0 Å². The molecule has 12 heavy (non-hydrogen) atoms. The monoisotopic (exact) mass is 160 g/mol. The quantitative estimate of drug-likeness (QED) is 0.386. The minimum absolute atomic E-state index is 0.0492. The number of nitrogens with zero attached hydrogens (tertiary/aromatic N) is 2. The molecule has 0 atom stereocenters. The van der Waals surface area contributed by atoms with Gasteiger partial charge in [-0.15, -0.1) is 0 Å². The molecule has 0 aliphatic rings. The third-order valence-corrected chi connectivity index (χ3v) is 1.61. The second-order valence-electron chi connectivity index (χ2n) is 2.38. The average Bonchev–Trinajstić information content (AvgIpc) is 2.10. The molecule has 1 rings (SSSR count). The summed E-state index contributed by atoms with van der Waals surface area (Å²) in [6, 6.07) is 9.07. The van der Waals surface area contributed by atoms with E-state index in [1.165, 1.54) is 0 Å². The van der Waals surface area contributed by atoms with E-state index in [1.807, 2.05) is 25.1 Å². The zero-order chi connectivity index (χ0) is 8.97. The number of benzene rings is 1. The zero-order valence-electron chi connectivity index (χ0n) is 6.65. The van der Waals surface area contributed by atoms with Gasteiger partial charge >= 0.3 is 0 Å². The molecule has 3 heteroatoms. The normalized spacial score (nSPS) is 10.8. The van der Waals surface area contributed by atoms with Crippen molar-refractivity contribution in [1.82, 2.24) is 0 Å². The highest BCUT2D eigenvalue weighted by atomic mass is 16.4. The van der Waals surface area contributed by atoms with Gasteiger partial charge in [-0.05, 0) is 12.5 Å². The van der Waals surface area contributed by atoms with Gasteiger partial charge in [-0.2, -0.15) is 5.26 Å². The number of aryl methyl sites for hydroxylation is 1. The zero-order valence-corrected chi connectivity index (χ0v) is 6.65. The second-order valence-corrected chi connectivity index (χ2v) is 2.38. The average molecular weight is 160 g/mol. The highest BCUT2D eigenvalue weighted by molar-refractivity contribution is 6.12. The van der Waals surface area contributed by atoms with E-state index in [-0.39, 0.29) is 5.71 Å². The van der Waals surface area contributed by atoms with Gasteiger partial charge in [0.25, 0.3) is 0 Å². The van der Waals surface area contributed by atoms with Crippen LogP contribution in [0.3, 0.4) is 0 Å². The number of hydrogen-bond acceptors (Lipinski definition) is 3. The molecule has 0 aliphatic carbocycles. The summed E-state index contributed by atoms with van der Waals surface area (Å²) in [5.74, 6) is 0. The maximum Gasteiger partial charge on any atom is 0.186 e. The van der Waals surface area contributed by atoms with Crippen molar-refractivity contribution < 1.29 is 5.21 Å². The highest BCUT2D eigenvalue weighted by Crippen LogP contribution is 2.07. The Labute approximate surface area is 70.6 Å². The van der Waals surface area contributed by atoms with Crippen LogP contribution in [0.15, 0.2) is 29.4 Å². The van der Waals surface area contributed by atoms with E-state index in [4.69, 9.17) is 10.5 Å². The predicted molar refractivity (Wildman–Crippen MR) is 45.1 cm³/mol. The Kier molecular flexibility index (Phi) is 2.44. The molecule has 0 radical (unpaired) electrons. The van der Waals surface area contributed by atoms with E-state index in [0.717, 1.165) is 5.56 Å². The number of nitriles is 1. The Hall–Kier alpha value is -1.82. The fourth-order valence-electron chi connectivity index (χ4n) is 0.975. The van der Waals surface area contributed by atoms with Gasteiger partial charge in [0.1, 0.15) is 6.07 Å². The largest absolute Gasteiger partial charge is 0.410 e. The first-order valence-corrected chi connectivity index (χ1v) is 3.47. The topological polar surface area (TPSA) is 56.4 Å². The number of oxime groups is 1. The van der Waals surface area contributed by atoms with Crippen molar-refractivity contribution in [2.45, 2.75) is 6.92 Å². The molecular weight excluding hydrogens is 152 g/mol. The second kappa shape index (κ2) is 3.54. The molecule has 3 nitrogen and oxygen atoms in total. The van der Waals surface area contributed by atoms with Gasteiger partial charge in [0.05, 0.1) is 0 Å². The van der Waals surface area contributed by atoms with Gasteiger partial charge in [-0.1, -0.05) is 29.4 Å². The molecule has 0 heterocycles. The predicted octanol–water partition coefficient (Wildman–Crippen LogP) is 1.70. The molecule has 60 valence electrons. The number of hydrogen-bond donors (Lipinski definition) is 1. The van der Waals surface area contributed by atoms with E-state index in [9.17, 15) is 0 Å². The van der Waals surface area contributed by atoms with Crippen LogP contribution in [0.2, 0.25) is 0 Å². The van der Waals surface area contributed by atoms with Gasteiger partial charge in [0, 0.05) is 5.56 Å². The van der Waals surface area contributed by atoms with Crippen molar-refractivity contribution in [2.24, 2.45) is 5.16 Å². The molecule has 0 spiro atoms. The smallest absolute Gasteiger partial charge is 0.186 e. The van der Waals surface area contributed by atoms with E-state index in [1.54, 1.807) is 12.1 Å². The molecule has 0 aromatic heterocycles. The van der Waals surface area contributed by atoms with Gasteiger partial charge in [0.15, 0.2) is 5.71 Å². The Bertz CT molecular complexity index is 350. The first-order valence-electron chi connectivity index (χ1n) is 3.47. The lowest BCUT2D eigenvalue weighted by Crippen LogP contribution is -1.99. The first-order chi connectivity index (χ1) is 5.79. The summed E-state index contributed by atoms with van der Waals surface area (Å²) < 4.78 is 0. The minimum Gasteiger partial charge on any atom is -0.410 e. The molecule has 0 bridgehead atoms. The van der Waals surface area contributed by atoms with Crippen LogP contribution in [0.1, 0.15) is 11.1 Å². The fourth-order valence-corrected chi connectivity index (χ4v) is 0.975. The third kappa shape index (κ3) is 1.43. The van der Waals surface area contributed by atoms with E-state index < -0.39 is 0 Å². The van der Waals surface area contributed by atoms with E-state index in [2.05, 4.69) is 5.16 Å². The lowest BCUT2D eigenvalue weighted by atomic mass is 10.1. The lowest BCUT2D eigenvalue weighted by Gasteiger charge is -1.99. The van der Waals surface area contributed by atoms with Crippen molar-refractivity contribution in [3.05, 3.63) is 35.4 Å². The Morgan fingerprint density at radius 3 is 2.67 bits per heavy atom. The molecule has 1 aromatic rings. The SMILES string of the molecule is Cc1ccccc1/C(C#N)=N\O. The van der Waals surface area contributed by atoms with Crippen molar-refractivity contribution in [2.75, 3.05) is 0 Å². The molecule has 1 N–H and O–H groups in total. The lowest BCUT2D eigenvalue weighted by molar-refractivity contribution is 0.320. The Balaban J connectivity index is 3.21. The molecule has 0 unspecified atom stereocenters. The molecule has 0 fully saturated rings. The third-order valence-electron chi connectivity index (χ3n) is 1.61. The summed E-state index contributed by atoms with van der Waals surface area (Å²) in [5, 5.41) is 19.9. The minimum atomic E-state index is 0.0492. The molecule has 0 saturated heterocycles. The summed E-state index contributed by atoms with van der Waals surface area (Å²) in [6.07, 6.45) is 0. The number of rotatable bonds is 1. The maximum absolute atomic E-state index is 8.56. The summed E-state index contributed by atoms with van der Waals surface area (Å²) in [7, 11) is 0. The highest BCUT2D eigenvalue weighted by Gasteiger charge is 2.04. The fraction of sp³-hybridized carbons (Fsp3) is 0.111. The standard InChI is InChI=1S/C9H8N2O/c1-7-4-2-3-5-8(7)9(6-10)11-12/h2-5,12H,1H3/b11-9-. The first kappa shape index (κ1) is 8.28. The summed E-state index contributed by atoms with van der Waals surface area (Å²) in [6.45, 7) is 1.86. The van der Waals surface area contributed by atoms with E-state index in [0.29, 0.717) is 5.56 Å². The summed E-state index contributed by atoms with van der Waals surface area (Å²) in [5.41, 5.74) is 1.64. The van der Waals surface area contributed by atoms with Crippen LogP contribution in [-0.4, -0.2) is 10.9 Å². The molecule has 0 amide bonds. The maximum atomic E-state index is 8.56. The van der Waals surface area contributed by atoms with Crippen LogP contribution in [0.25, 0.3) is 0 Å². The van der Waals surface area contributed by atoms with Gasteiger partial charge < -0.3 is 5.21 Å². The van der Waals surface area contributed by atoms with Gasteiger partial charge in [-0.25, -0.2) is 0 Å². The summed E-state index contributed by atoms with van der Waals surface area (Å²) >= 11 is 0. The molecular formula is C9H8N2O. The van der Waals surface area contributed by atoms with E-state index >= 15 is 0 Å². The summed E-state index contributed by atoms with van der Waals surface area (Å²) in [4.78, 5) is 0. The van der Waals surface area contributed by atoms with Gasteiger partial charge in [0.2, 0.25) is 0 Å². The molecule has 1 aromatic carbocycles. The van der Waals surface area contributed by atoms with Crippen molar-refractivity contribution in [3.63, 3.8) is 0 Å². The van der Waals surface area contributed by atoms with Crippen molar-refractivity contribution in [3.8, 4) is 6.07 Å². The van der Waals surface area contributed by atoms with Crippen molar-refractivity contribution in [1.29, 1.82) is 5.26 Å². The Morgan fingerprint density at radius 1 is 1.50 bits per heavy atom. The van der Waals surface area contributed by atoms with Crippen molar-refractivity contribution >= 4 is 5.71 Å². The van der Waals surface area contributed by atoms with Crippen LogP contribution in [0.5, 0.6) is 0 Å². The molecule has 0 aliphatic heterocycles. The van der Waals surface area contributed by atoms with Gasteiger partial charge in [-0.3, -0.25) is 0 Å². The van der Waals surface area contributed by atoms with Crippen LogP contribution in [-0.2, 0) is 0 Å². The Morgan fingerprint density at radius 2 is 2.17 bits per heavy atom.